The third kappa shape index (κ3) is 4.09. The number of hydrogen-bond donors (Lipinski definition) is 2. The number of aromatic nitrogens is 2. The SMILES string of the molecule is CCCC(NC(=O)c1nn(-c2ccccc2F)c(C)cc1=O)C(=O)O. The van der Waals surface area contributed by atoms with Gasteiger partial charge in [-0.15, -0.1) is 0 Å². The van der Waals surface area contributed by atoms with Gasteiger partial charge in [-0.25, -0.2) is 13.9 Å². The van der Waals surface area contributed by atoms with Crippen molar-refractivity contribution in [1.29, 1.82) is 0 Å². The van der Waals surface area contributed by atoms with Crippen LogP contribution in [0.4, 0.5) is 4.39 Å². The molecule has 8 heteroatoms. The molecule has 132 valence electrons. The number of carbonyl (C=O) groups excluding carboxylic acids is 1. The van der Waals surface area contributed by atoms with Crippen LogP contribution < -0.4 is 10.7 Å². The minimum atomic E-state index is -1.20. The van der Waals surface area contributed by atoms with E-state index in [2.05, 4.69) is 10.4 Å². The maximum atomic E-state index is 14.0. The first kappa shape index (κ1) is 18.3. The van der Waals surface area contributed by atoms with Gasteiger partial charge in [0.05, 0.1) is 0 Å². The van der Waals surface area contributed by atoms with Crippen molar-refractivity contribution in [2.45, 2.75) is 32.7 Å². The Kier molecular flexibility index (Phi) is 5.63. The maximum Gasteiger partial charge on any atom is 0.326 e. The van der Waals surface area contributed by atoms with Crippen LogP contribution in [0.3, 0.4) is 0 Å². The Labute approximate surface area is 143 Å². The smallest absolute Gasteiger partial charge is 0.326 e. The van der Waals surface area contributed by atoms with Crippen LogP contribution in [0.25, 0.3) is 5.69 Å². The fourth-order valence-electron chi connectivity index (χ4n) is 2.34. The van der Waals surface area contributed by atoms with E-state index in [-0.39, 0.29) is 12.1 Å². The second kappa shape index (κ2) is 7.69. The van der Waals surface area contributed by atoms with E-state index < -0.39 is 34.9 Å². The van der Waals surface area contributed by atoms with Gasteiger partial charge in [-0.05, 0) is 25.5 Å². The van der Waals surface area contributed by atoms with Crippen molar-refractivity contribution < 1.29 is 19.1 Å². The van der Waals surface area contributed by atoms with E-state index in [0.717, 1.165) is 10.7 Å². The van der Waals surface area contributed by atoms with E-state index >= 15 is 0 Å². The van der Waals surface area contributed by atoms with Crippen LogP contribution in [0.1, 0.15) is 35.9 Å². The van der Waals surface area contributed by atoms with Gasteiger partial charge in [0.1, 0.15) is 17.5 Å². The first-order chi connectivity index (χ1) is 11.8. The van der Waals surface area contributed by atoms with Crippen molar-refractivity contribution >= 4 is 11.9 Å². The van der Waals surface area contributed by atoms with Gasteiger partial charge in [0.15, 0.2) is 5.69 Å². The van der Waals surface area contributed by atoms with Crippen LogP contribution >= 0.6 is 0 Å². The number of aliphatic carboxylic acids is 1. The zero-order valence-electron chi connectivity index (χ0n) is 13.8. The summed E-state index contributed by atoms with van der Waals surface area (Å²) < 4.78 is 15.1. The summed E-state index contributed by atoms with van der Waals surface area (Å²) in [6, 6.07) is 5.83. The molecular formula is C17H18FN3O4. The molecule has 0 fully saturated rings. The van der Waals surface area contributed by atoms with Crippen molar-refractivity contribution in [2.75, 3.05) is 0 Å². The van der Waals surface area contributed by atoms with Crippen LogP contribution in [0.2, 0.25) is 0 Å². The number of para-hydroxylation sites is 1. The number of hydrogen-bond acceptors (Lipinski definition) is 4. The Morgan fingerprint density at radius 2 is 2.04 bits per heavy atom. The van der Waals surface area contributed by atoms with E-state index in [4.69, 9.17) is 5.11 Å². The van der Waals surface area contributed by atoms with Gasteiger partial charge in [-0.2, -0.15) is 5.10 Å². The average molecular weight is 347 g/mol. The summed E-state index contributed by atoms with van der Waals surface area (Å²) in [7, 11) is 0. The fourth-order valence-corrected chi connectivity index (χ4v) is 2.34. The van der Waals surface area contributed by atoms with Crippen LogP contribution in [0, 0.1) is 12.7 Å². The van der Waals surface area contributed by atoms with Gasteiger partial charge in [-0.3, -0.25) is 9.59 Å². The second-order valence-corrected chi connectivity index (χ2v) is 5.51. The monoisotopic (exact) mass is 347 g/mol. The largest absolute Gasteiger partial charge is 0.480 e. The van der Waals surface area contributed by atoms with Gasteiger partial charge in [0.2, 0.25) is 5.43 Å². The lowest BCUT2D eigenvalue weighted by atomic mass is 10.1. The second-order valence-electron chi connectivity index (χ2n) is 5.51. The first-order valence-electron chi connectivity index (χ1n) is 7.74. The summed E-state index contributed by atoms with van der Waals surface area (Å²) in [5.41, 5.74) is -0.730. The molecule has 1 aromatic carbocycles. The summed E-state index contributed by atoms with van der Waals surface area (Å²) in [5, 5.41) is 15.3. The van der Waals surface area contributed by atoms with Crippen LogP contribution in [-0.4, -0.2) is 32.8 Å². The van der Waals surface area contributed by atoms with Crippen molar-refractivity contribution in [3.8, 4) is 5.69 Å². The van der Waals surface area contributed by atoms with Gasteiger partial charge in [-0.1, -0.05) is 25.5 Å². The number of amides is 1. The Balaban J connectivity index is 2.44. The number of aryl methyl sites for hydroxylation is 1. The Bertz CT molecular complexity index is 863. The third-order valence-electron chi connectivity index (χ3n) is 3.58. The Morgan fingerprint density at radius 3 is 2.64 bits per heavy atom. The van der Waals surface area contributed by atoms with Crippen LogP contribution in [0.5, 0.6) is 0 Å². The van der Waals surface area contributed by atoms with Crippen molar-refractivity contribution in [3.63, 3.8) is 0 Å². The number of halogens is 1. The normalized spacial score (nSPS) is 11.8. The van der Waals surface area contributed by atoms with E-state index in [1.165, 1.54) is 18.2 Å². The highest BCUT2D eigenvalue weighted by atomic mass is 19.1. The zero-order valence-corrected chi connectivity index (χ0v) is 13.8. The molecule has 0 radical (unpaired) electrons. The summed E-state index contributed by atoms with van der Waals surface area (Å²) >= 11 is 0. The Hall–Kier alpha value is -3.03. The standard InChI is InChI=1S/C17H18FN3O4/c1-3-6-12(17(24)25)19-16(23)15-14(22)9-10(2)21(20-15)13-8-5-4-7-11(13)18/h4-5,7-9,12H,3,6H2,1-2H3,(H,19,23)(H,24,25). The lowest BCUT2D eigenvalue weighted by Gasteiger charge is -2.15. The number of benzene rings is 1. The molecule has 7 nitrogen and oxygen atoms in total. The molecule has 2 aromatic rings. The molecular weight excluding hydrogens is 329 g/mol. The molecule has 1 atom stereocenters. The number of carboxylic acids is 1. The lowest BCUT2D eigenvalue weighted by molar-refractivity contribution is -0.139. The molecule has 1 unspecified atom stereocenters. The number of nitrogens with zero attached hydrogens (tertiary/aromatic N) is 2. The van der Waals surface area contributed by atoms with Crippen molar-refractivity contribution in [3.05, 3.63) is 57.8 Å². The fraction of sp³-hybridized carbons (Fsp3) is 0.294. The molecule has 1 amide bonds. The predicted molar refractivity (Wildman–Crippen MR) is 88.3 cm³/mol. The van der Waals surface area contributed by atoms with E-state index in [1.54, 1.807) is 19.9 Å². The lowest BCUT2D eigenvalue weighted by Crippen LogP contribution is -2.43. The molecule has 0 aliphatic carbocycles. The Morgan fingerprint density at radius 1 is 1.36 bits per heavy atom. The molecule has 0 saturated carbocycles. The number of carboxylic acid groups (broad SMARTS) is 1. The molecule has 2 rings (SSSR count). The van der Waals surface area contributed by atoms with E-state index in [0.29, 0.717) is 12.1 Å². The molecule has 1 aromatic heterocycles. The molecule has 0 aliphatic heterocycles. The minimum Gasteiger partial charge on any atom is -0.480 e. The predicted octanol–water partition coefficient (Wildman–Crippen LogP) is 1.66. The van der Waals surface area contributed by atoms with Gasteiger partial charge in [0.25, 0.3) is 5.91 Å². The van der Waals surface area contributed by atoms with Gasteiger partial charge < -0.3 is 10.4 Å². The third-order valence-corrected chi connectivity index (χ3v) is 3.58. The molecule has 25 heavy (non-hydrogen) atoms. The van der Waals surface area contributed by atoms with Gasteiger partial charge in [0, 0.05) is 11.8 Å². The molecule has 0 spiro atoms. The summed E-state index contributed by atoms with van der Waals surface area (Å²) in [4.78, 5) is 35.5. The van der Waals surface area contributed by atoms with Gasteiger partial charge >= 0.3 is 5.97 Å². The zero-order chi connectivity index (χ0) is 18.6. The van der Waals surface area contributed by atoms with Crippen LogP contribution in [-0.2, 0) is 4.79 Å². The molecule has 2 N–H and O–H groups in total. The number of rotatable bonds is 6. The average Bonchev–Trinajstić information content (AvgIpc) is 2.55. The highest BCUT2D eigenvalue weighted by Gasteiger charge is 2.23. The molecule has 0 bridgehead atoms. The topological polar surface area (TPSA) is 101 Å². The molecule has 0 aliphatic rings. The van der Waals surface area contributed by atoms with Crippen molar-refractivity contribution in [2.24, 2.45) is 0 Å². The van der Waals surface area contributed by atoms with E-state index in [9.17, 15) is 18.8 Å². The summed E-state index contributed by atoms with van der Waals surface area (Å²) in [6.45, 7) is 3.33. The molecule has 1 heterocycles. The summed E-state index contributed by atoms with van der Waals surface area (Å²) in [6.07, 6.45) is 0.756. The highest BCUT2D eigenvalue weighted by Crippen LogP contribution is 2.13. The first-order valence-corrected chi connectivity index (χ1v) is 7.74. The maximum absolute atomic E-state index is 14.0. The number of nitrogens with one attached hydrogen (secondary N) is 1. The minimum absolute atomic E-state index is 0.0809. The van der Waals surface area contributed by atoms with E-state index in [1.807, 2.05) is 0 Å². The summed E-state index contributed by atoms with van der Waals surface area (Å²) in [5.74, 6) is -2.67. The molecule has 0 saturated heterocycles. The number of carbonyl (C=O) groups is 2. The quantitative estimate of drug-likeness (QED) is 0.828. The van der Waals surface area contributed by atoms with Crippen molar-refractivity contribution in [1.82, 2.24) is 15.1 Å². The highest BCUT2D eigenvalue weighted by molar-refractivity contribution is 5.94. The van der Waals surface area contributed by atoms with Crippen LogP contribution in [0.15, 0.2) is 35.1 Å².